The van der Waals surface area contributed by atoms with Crippen LogP contribution in [0.15, 0.2) is 0 Å². The van der Waals surface area contributed by atoms with Gasteiger partial charge in [-0.15, -0.1) is 0 Å². The summed E-state index contributed by atoms with van der Waals surface area (Å²) in [5, 5.41) is 17.4. The van der Waals surface area contributed by atoms with Crippen LogP contribution in [0, 0.1) is 5.92 Å². The van der Waals surface area contributed by atoms with E-state index >= 15 is 0 Å². The second-order valence-electron chi connectivity index (χ2n) is 2.93. The highest BCUT2D eigenvalue weighted by Crippen LogP contribution is 2.10. The second kappa shape index (κ2) is 5.69. The minimum absolute atomic E-state index is 0.101. The van der Waals surface area contributed by atoms with E-state index in [1.165, 1.54) is 0 Å². The van der Waals surface area contributed by atoms with E-state index in [0.29, 0.717) is 5.92 Å². The molecule has 0 heterocycles. The number of rotatable bonds is 5. The Labute approximate surface area is 62.9 Å². The van der Waals surface area contributed by atoms with Crippen molar-refractivity contribution in [3.8, 4) is 0 Å². The molecule has 2 atom stereocenters. The van der Waals surface area contributed by atoms with Crippen LogP contribution < -0.4 is 0 Å². The average molecular weight is 146 g/mol. The van der Waals surface area contributed by atoms with Crippen LogP contribution in [0.25, 0.3) is 0 Å². The molecule has 0 radical (unpaired) electrons. The molecule has 0 aliphatic carbocycles. The Balaban J connectivity index is 3.17. The molecule has 0 rings (SSSR count). The van der Waals surface area contributed by atoms with Crippen LogP contribution in [0.1, 0.15) is 33.1 Å². The number of aliphatic hydroxyl groups excluding tert-OH is 2. The van der Waals surface area contributed by atoms with Crippen molar-refractivity contribution in [3.05, 3.63) is 0 Å². The first-order valence-corrected chi connectivity index (χ1v) is 3.99. The zero-order valence-electron chi connectivity index (χ0n) is 6.88. The van der Waals surface area contributed by atoms with Gasteiger partial charge in [0.05, 0.1) is 12.7 Å². The highest BCUT2D eigenvalue weighted by atomic mass is 16.3. The first-order chi connectivity index (χ1) is 4.70. The third kappa shape index (κ3) is 4.77. The molecule has 0 aromatic carbocycles. The van der Waals surface area contributed by atoms with Crippen molar-refractivity contribution in [2.24, 2.45) is 5.92 Å². The molecular formula is C8H18O2. The van der Waals surface area contributed by atoms with Gasteiger partial charge in [0.25, 0.3) is 0 Å². The smallest absolute Gasteiger partial charge is 0.0771 e. The van der Waals surface area contributed by atoms with Gasteiger partial charge in [0, 0.05) is 0 Å². The number of aliphatic hydroxyl groups is 2. The molecule has 2 N–H and O–H groups in total. The van der Waals surface area contributed by atoms with Crippen LogP contribution in [-0.2, 0) is 0 Å². The molecule has 62 valence electrons. The van der Waals surface area contributed by atoms with Crippen LogP contribution in [-0.4, -0.2) is 22.9 Å². The minimum atomic E-state index is -0.506. The monoisotopic (exact) mass is 146 g/mol. The van der Waals surface area contributed by atoms with E-state index in [0.717, 1.165) is 19.3 Å². The van der Waals surface area contributed by atoms with Crippen molar-refractivity contribution in [1.29, 1.82) is 0 Å². The fourth-order valence-corrected chi connectivity index (χ4v) is 0.772. The van der Waals surface area contributed by atoms with E-state index in [4.69, 9.17) is 10.2 Å². The maximum absolute atomic E-state index is 8.95. The highest BCUT2D eigenvalue weighted by Gasteiger charge is 2.04. The molecule has 0 spiro atoms. The van der Waals surface area contributed by atoms with E-state index in [-0.39, 0.29) is 6.61 Å². The van der Waals surface area contributed by atoms with E-state index in [2.05, 4.69) is 13.8 Å². The molecule has 0 aromatic rings. The number of hydrogen-bond acceptors (Lipinski definition) is 2. The fourth-order valence-electron chi connectivity index (χ4n) is 0.772. The van der Waals surface area contributed by atoms with Crippen LogP contribution >= 0.6 is 0 Å². The molecule has 0 saturated heterocycles. The molecule has 10 heavy (non-hydrogen) atoms. The Kier molecular flexibility index (Phi) is 5.64. The summed E-state index contributed by atoms with van der Waals surface area (Å²) >= 11 is 0. The minimum Gasteiger partial charge on any atom is -0.394 e. The Hall–Kier alpha value is -0.0800. The summed E-state index contributed by atoms with van der Waals surface area (Å²) in [4.78, 5) is 0. The summed E-state index contributed by atoms with van der Waals surface area (Å²) in [7, 11) is 0. The Morgan fingerprint density at radius 3 is 2.30 bits per heavy atom. The van der Waals surface area contributed by atoms with Crippen molar-refractivity contribution >= 4 is 0 Å². The molecule has 2 heteroatoms. The summed E-state index contributed by atoms with van der Waals surface area (Å²) in [5.74, 6) is 0.668. The summed E-state index contributed by atoms with van der Waals surface area (Å²) in [6.45, 7) is 4.19. The molecule has 0 aliphatic heterocycles. The van der Waals surface area contributed by atoms with Gasteiger partial charge >= 0.3 is 0 Å². The molecule has 0 fully saturated rings. The van der Waals surface area contributed by atoms with Gasteiger partial charge in [0.15, 0.2) is 0 Å². The summed E-state index contributed by atoms with van der Waals surface area (Å²) in [6, 6.07) is 0. The molecule has 1 unspecified atom stereocenters. The van der Waals surface area contributed by atoms with E-state index < -0.39 is 6.10 Å². The lowest BCUT2D eigenvalue weighted by Crippen LogP contribution is -2.12. The van der Waals surface area contributed by atoms with Gasteiger partial charge < -0.3 is 10.2 Å². The lowest BCUT2D eigenvalue weighted by molar-refractivity contribution is 0.0830. The van der Waals surface area contributed by atoms with Gasteiger partial charge in [-0.3, -0.25) is 0 Å². The molecule has 0 aliphatic rings. The lowest BCUT2D eigenvalue weighted by Gasteiger charge is -2.10. The normalized spacial score (nSPS) is 16.8. The summed E-state index contributed by atoms with van der Waals surface area (Å²) < 4.78 is 0. The van der Waals surface area contributed by atoms with Gasteiger partial charge in [0.1, 0.15) is 0 Å². The molecule has 0 bridgehead atoms. The van der Waals surface area contributed by atoms with Crippen LogP contribution in [0.2, 0.25) is 0 Å². The van der Waals surface area contributed by atoms with Gasteiger partial charge in [-0.25, -0.2) is 0 Å². The van der Waals surface area contributed by atoms with Crippen LogP contribution in [0.4, 0.5) is 0 Å². The zero-order chi connectivity index (χ0) is 7.98. The topological polar surface area (TPSA) is 40.5 Å². The average Bonchev–Trinajstić information content (AvgIpc) is 1.99. The first kappa shape index (κ1) is 9.92. The Bertz CT molecular complexity index is 63.7. The van der Waals surface area contributed by atoms with E-state index in [9.17, 15) is 0 Å². The largest absolute Gasteiger partial charge is 0.394 e. The molecule has 0 aromatic heterocycles. The molecule has 2 nitrogen and oxygen atoms in total. The third-order valence-corrected chi connectivity index (χ3v) is 1.90. The second-order valence-corrected chi connectivity index (χ2v) is 2.93. The van der Waals surface area contributed by atoms with Crippen molar-refractivity contribution in [2.45, 2.75) is 39.2 Å². The number of hydrogen-bond donors (Lipinski definition) is 2. The molecule has 0 amide bonds. The van der Waals surface area contributed by atoms with Gasteiger partial charge in [-0.05, 0) is 18.8 Å². The molecular weight excluding hydrogens is 128 g/mol. The highest BCUT2D eigenvalue weighted by molar-refractivity contribution is 4.56. The lowest BCUT2D eigenvalue weighted by atomic mass is 10.0. The van der Waals surface area contributed by atoms with Crippen molar-refractivity contribution < 1.29 is 10.2 Å². The van der Waals surface area contributed by atoms with Crippen molar-refractivity contribution in [3.63, 3.8) is 0 Å². The summed E-state index contributed by atoms with van der Waals surface area (Å²) in [5.41, 5.74) is 0. The van der Waals surface area contributed by atoms with Gasteiger partial charge in [0.2, 0.25) is 0 Å². The predicted octanol–water partition coefficient (Wildman–Crippen LogP) is 1.17. The predicted molar refractivity (Wildman–Crippen MR) is 41.8 cm³/mol. The van der Waals surface area contributed by atoms with Crippen molar-refractivity contribution in [1.82, 2.24) is 0 Å². The quantitative estimate of drug-likeness (QED) is 0.611. The van der Waals surface area contributed by atoms with Crippen LogP contribution in [0.5, 0.6) is 0 Å². The SMILES string of the molecule is CC[C@H](C)CCC(O)CO. The third-order valence-electron chi connectivity index (χ3n) is 1.90. The van der Waals surface area contributed by atoms with Crippen LogP contribution in [0.3, 0.4) is 0 Å². The van der Waals surface area contributed by atoms with Gasteiger partial charge in [-0.2, -0.15) is 0 Å². The Morgan fingerprint density at radius 2 is 1.90 bits per heavy atom. The Morgan fingerprint density at radius 1 is 1.30 bits per heavy atom. The van der Waals surface area contributed by atoms with E-state index in [1.54, 1.807) is 0 Å². The maximum atomic E-state index is 8.95. The first-order valence-electron chi connectivity index (χ1n) is 3.99. The van der Waals surface area contributed by atoms with Gasteiger partial charge in [-0.1, -0.05) is 20.3 Å². The summed E-state index contributed by atoms with van der Waals surface area (Å²) in [6.07, 6.45) is 2.39. The zero-order valence-corrected chi connectivity index (χ0v) is 6.88. The molecule has 0 saturated carbocycles. The van der Waals surface area contributed by atoms with E-state index in [1.807, 2.05) is 0 Å². The standard InChI is InChI=1S/C8H18O2/c1-3-7(2)4-5-8(10)6-9/h7-10H,3-6H2,1-2H3/t7-,8?/m0/s1. The van der Waals surface area contributed by atoms with Crippen molar-refractivity contribution in [2.75, 3.05) is 6.61 Å². The fraction of sp³-hybridized carbons (Fsp3) is 1.00. The maximum Gasteiger partial charge on any atom is 0.0771 e.